The fourth-order valence-electron chi connectivity index (χ4n) is 2.20. The largest absolute Gasteiger partial charge is 0.465 e. The molecule has 2 unspecified atom stereocenters. The molecule has 100 valence electrons. The Kier molecular flexibility index (Phi) is 4.88. The highest BCUT2D eigenvalue weighted by molar-refractivity contribution is 7.99. The second-order valence-electron chi connectivity index (χ2n) is 4.20. The van der Waals surface area contributed by atoms with E-state index in [1.807, 2.05) is 11.8 Å². The monoisotopic (exact) mass is 286 g/mol. The number of nitrogens with zero attached hydrogens (tertiary/aromatic N) is 1. The fraction of sp³-hybridized carbons (Fsp3) is 0.667. The van der Waals surface area contributed by atoms with Crippen LogP contribution in [0, 0.1) is 0 Å². The molecule has 0 saturated heterocycles. The zero-order valence-electron chi connectivity index (χ0n) is 10.6. The number of thioether (sulfide) groups is 1. The molecule has 0 aliphatic heterocycles. The Morgan fingerprint density at radius 1 is 1.67 bits per heavy atom. The van der Waals surface area contributed by atoms with Gasteiger partial charge in [0.15, 0.2) is 5.13 Å². The molecule has 1 aliphatic carbocycles. The van der Waals surface area contributed by atoms with Crippen LogP contribution in [-0.4, -0.2) is 35.1 Å². The number of ether oxygens (including phenoxy) is 1. The topological polar surface area (TPSA) is 51.2 Å². The minimum atomic E-state index is -0.313. The first-order valence-corrected chi connectivity index (χ1v) is 8.03. The number of methoxy groups -OCH3 is 1. The van der Waals surface area contributed by atoms with E-state index in [4.69, 9.17) is 0 Å². The standard InChI is InChI=1S/C12H18N2O2S2/c1-3-17-9-6-4-5-8(9)14-12-13-7-10(18-12)11(15)16-2/h7-9H,3-6H2,1-2H3,(H,13,14). The number of anilines is 1. The number of carbonyl (C=O) groups excluding carboxylic acids is 1. The molecule has 2 rings (SSSR count). The van der Waals surface area contributed by atoms with Gasteiger partial charge in [0.2, 0.25) is 0 Å². The number of carbonyl (C=O) groups is 1. The van der Waals surface area contributed by atoms with Gasteiger partial charge in [-0.05, 0) is 18.6 Å². The van der Waals surface area contributed by atoms with Gasteiger partial charge in [-0.25, -0.2) is 9.78 Å². The van der Waals surface area contributed by atoms with Crippen molar-refractivity contribution in [2.45, 2.75) is 37.5 Å². The van der Waals surface area contributed by atoms with E-state index in [2.05, 4.69) is 22.0 Å². The average Bonchev–Trinajstić information content (AvgIpc) is 3.00. The summed E-state index contributed by atoms with van der Waals surface area (Å²) in [6, 6.07) is 0.478. The minimum Gasteiger partial charge on any atom is -0.465 e. The van der Waals surface area contributed by atoms with Gasteiger partial charge < -0.3 is 10.1 Å². The van der Waals surface area contributed by atoms with Crippen LogP contribution in [0.5, 0.6) is 0 Å². The highest BCUT2D eigenvalue weighted by Gasteiger charge is 2.27. The maximum absolute atomic E-state index is 11.3. The summed E-state index contributed by atoms with van der Waals surface area (Å²) in [5, 5.41) is 4.94. The van der Waals surface area contributed by atoms with E-state index in [-0.39, 0.29) is 5.97 Å². The Morgan fingerprint density at radius 3 is 3.22 bits per heavy atom. The fourth-order valence-corrected chi connectivity index (χ4v) is 4.19. The van der Waals surface area contributed by atoms with Crippen LogP contribution in [0.15, 0.2) is 6.20 Å². The average molecular weight is 286 g/mol. The lowest BCUT2D eigenvalue weighted by Crippen LogP contribution is -2.26. The number of hydrogen-bond acceptors (Lipinski definition) is 6. The molecular weight excluding hydrogens is 268 g/mol. The summed E-state index contributed by atoms with van der Waals surface area (Å²) in [5.41, 5.74) is 0. The molecule has 1 saturated carbocycles. The van der Waals surface area contributed by atoms with Crippen molar-refractivity contribution >= 4 is 34.2 Å². The van der Waals surface area contributed by atoms with Crippen molar-refractivity contribution in [3.05, 3.63) is 11.1 Å². The number of esters is 1. The van der Waals surface area contributed by atoms with Crippen molar-refractivity contribution in [2.75, 3.05) is 18.2 Å². The Hall–Kier alpha value is -0.750. The van der Waals surface area contributed by atoms with Crippen molar-refractivity contribution in [1.82, 2.24) is 4.98 Å². The first-order valence-electron chi connectivity index (χ1n) is 6.17. The molecule has 1 heterocycles. The molecule has 4 nitrogen and oxygen atoms in total. The molecule has 0 aromatic carbocycles. The van der Waals surface area contributed by atoms with Crippen LogP contribution >= 0.6 is 23.1 Å². The molecule has 1 aromatic heterocycles. The summed E-state index contributed by atoms with van der Waals surface area (Å²) >= 11 is 3.37. The minimum absolute atomic E-state index is 0.313. The molecule has 0 radical (unpaired) electrons. The van der Waals surface area contributed by atoms with E-state index < -0.39 is 0 Å². The van der Waals surface area contributed by atoms with Gasteiger partial charge in [-0.2, -0.15) is 11.8 Å². The van der Waals surface area contributed by atoms with E-state index in [1.165, 1.54) is 37.7 Å². The number of hydrogen-bond donors (Lipinski definition) is 1. The van der Waals surface area contributed by atoms with Gasteiger partial charge in [0, 0.05) is 11.3 Å². The summed E-state index contributed by atoms with van der Waals surface area (Å²) in [6.07, 6.45) is 5.30. The third-order valence-electron chi connectivity index (χ3n) is 3.03. The van der Waals surface area contributed by atoms with Gasteiger partial charge in [-0.1, -0.05) is 24.7 Å². The Labute approximate surface area is 116 Å². The quantitative estimate of drug-likeness (QED) is 0.843. The summed E-state index contributed by atoms with van der Waals surface area (Å²) in [4.78, 5) is 16.1. The third kappa shape index (κ3) is 3.17. The third-order valence-corrected chi connectivity index (χ3v) is 5.27. The molecule has 2 atom stereocenters. The lowest BCUT2D eigenvalue weighted by atomic mass is 10.2. The maximum atomic E-state index is 11.3. The second kappa shape index (κ2) is 6.43. The predicted molar refractivity (Wildman–Crippen MR) is 76.6 cm³/mol. The van der Waals surface area contributed by atoms with E-state index in [0.29, 0.717) is 16.2 Å². The second-order valence-corrected chi connectivity index (χ2v) is 6.74. The van der Waals surface area contributed by atoms with Gasteiger partial charge >= 0.3 is 5.97 Å². The predicted octanol–water partition coefficient (Wildman–Crippen LogP) is 3.02. The van der Waals surface area contributed by atoms with Crippen molar-refractivity contribution < 1.29 is 9.53 Å². The number of aromatic nitrogens is 1. The highest BCUT2D eigenvalue weighted by Crippen LogP contribution is 2.33. The molecule has 1 aliphatic rings. The van der Waals surface area contributed by atoms with E-state index in [9.17, 15) is 4.79 Å². The van der Waals surface area contributed by atoms with Crippen LogP contribution in [0.1, 0.15) is 35.9 Å². The van der Waals surface area contributed by atoms with Crippen LogP contribution in [0.2, 0.25) is 0 Å². The van der Waals surface area contributed by atoms with Gasteiger partial charge in [-0.15, -0.1) is 0 Å². The van der Waals surface area contributed by atoms with Crippen molar-refractivity contribution in [2.24, 2.45) is 0 Å². The number of rotatable bonds is 5. The zero-order valence-corrected chi connectivity index (χ0v) is 12.3. The first-order chi connectivity index (χ1) is 8.74. The molecule has 1 aromatic rings. The Morgan fingerprint density at radius 2 is 2.50 bits per heavy atom. The maximum Gasteiger partial charge on any atom is 0.349 e. The Bertz CT molecular complexity index is 409. The SMILES string of the molecule is CCSC1CCCC1Nc1ncc(C(=O)OC)s1. The smallest absolute Gasteiger partial charge is 0.349 e. The summed E-state index contributed by atoms with van der Waals surface area (Å²) < 4.78 is 4.68. The molecule has 6 heteroatoms. The molecule has 0 spiro atoms. The summed E-state index contributed by atoms with van der Waals surface area (Å²) in [5.74, 6) is 0.833. The van der Waals surface area contributed by atoms with Crippen molar-refractivity contribution in [3.63, 3.8) is 0 Å². The molecule has 0 amide bonds. The van der Waals surface area contributed by atoms with E-state index >= 15 is 0 Å². The molecule has 18 heavy (non-hydrogen) atoms. The van der Waals surface area contributed by atoms with Crippen LogP contribution in [0.25, 0.3) is 0 Å². The molecular formula is C12H18N2O2S2. The van der Waals surface area contributed by atoms with E-state index in [1.54, 1.807) is 6.20 Å². The zero-order chi connectivity index (χ0) is 13.0. The first kappa shape index (κ1) is 13.7. The summed E-state index contributed by atoms with van der Waals surface area (Å²) in [6.45, 7) is 2.19. The summed E-state index contributed by atoms with van der Waals surface area (Å²) in [7, 11) is 1.39. The van der Waals surface area contributed by atoms with Crippen molar-refractivity contribution in [1.29, 1.82) is 0 Å². The van der Waals surface area contributed by atoms with Gasteiger partial charge in [0.25, 0.3) is 0 Å². The van der Waals surface area contributed by atoms with Crippen LogP contribution in [0.4, 0.5) is 5.13 Å². The van der Waals surface area contributed by atoms with Gasteiger partial charge in [0.1, 0.15) is 4.88 Å². The molecule has 0 bridgehead atoms. The van der Waals surface area contributed by atoms with Crippen LogP contribution < -0.4 is 5.32 Å². The van der Waals surface area contributed by atoms with E-state index in [0.717, 1.165) is 10.9 Å². The van der Waals surface area contributed by atoms with Crippen LogP contribution in [0.3, 0.4) is 0 Å². The lowest BCUT2D eigenvalue weighted by molar-refractivity contribution is 0.0606. The molecule has 1 fully saturated rings. The van der Waals surface area contributed by atoms with Crippen LogP contribution in [-0.2, 0) is 4.74 Å². The molecule has 1 N–H and O–H groups in total. The highest BCUT2D eigenvalue weighted by atomic mass is 32.2. The van der Waals surface area contributed by atoms with Gasteiger partial charge in [-0.3, -0.25) is 0 Å². The number of nitrogens with one attached hydrogen (secondary N) is 1. The van der Waals surface area contributed by atoms with Crippen molar-refractivity contribution in [3.8, 4) is 0 Å². The van der Waals surface area contributed by atoms with Gasteiger partial charge in [0.05, 0.1) is 13.3 Å². The normalized spacial score (nSPS) is 23.0. The number of thiazole rings is 1. The lowest BCUT2D eigenvalue weighted by Gasteiger charge is -2.19. The Balaban J connectivity index is 1.96.